The molecule has 2 rings (SSSR count). The number of nitrogens with zero attached hydrogens (tertiary/aromatic N) is 1. The van der Waals surface area contributed by atoms with Gasteiger partial charge in [-0.1, -0.05) is 12.2 Å². The van der Waals surface area contributed by atoms with E-state index in [2.05, 4.69) is 10.2 Å². The molecule has 0 fully saturated rings. The second-order valence-corrected chi connectivity index (χ2v) is 3.94. The molecular formula is C9H13N3O2S. The molecule has 2 heterocycles. The first kappa shape index (κ1) is 10.4. The lowest BCUT2D eigenvalue weighted by Gasteiger charge is -2.26. The Morgan fingerprint density at radius 3 is 3.13 bits per heavy atom. The minimum Gasteiger partial charge on any atom is -0.375 e. The van der Waals surface area contributed by atoms with Gasteiger partial charge in [-0.25, -0.2) is 0 Å². The van der Waals surface area contributed by atoms with Crippen LogP contribution in [0.1, 0.15) is 11.3 Å². The minimum absolute atomic E-state index is 0.0127. The summed E-state index contributed by atoms with van der Waals surface area (Å²) in [7, 11) is 1.52. The molecule has 15 heavy (non-hydrogen) atoms. The first-order valence-corrected chi connectivity index (χ1v) is 5.18. The summed E-state index contributed by atoms with van der Waals surface area (Å²) >= 11 is 5.12. The molecule has 0 saturated heterocycles. The number of rotatable bonds is 2. The number of H-pyrrole nitrogens is 2. The van der Waals surface area contributed by atoms with Gasteiger partial charge < -0.3 is 14.7 Å². The molecule has 1 aliphatic rings. The lowest BCUT2D eigenvalue weighted by atomic mass is 10.1. The van der Waals surface area contributed by atoms with Gasteiger partial charge in [0.05, 0.1) is 6.54 Å². The third-order valence-electron chi connectivity index (χ3n) is 2.57. The van der Waals surface area contributed by atoms with E-state index in [9.17, 15) is 4.79 Å². The molecule has 0 unspecified atom stereocenters. The Kier molecular flexibility index (Phi) is 2.88. The largest absolute Gasteiger partial charge is 0.375 e. The number of ether oxygens (including phenoxy) is 1. The molecule has 0 bridgehead atoms. The maximum atomic E-state index is 11.6. The number of aromatic nitrogens is 2. The second kappa shape index (κ2) is 4.16. The van der Waals surface area contributed by atoms with E-state index in [1.807, 2.05) is 0 Å². The van der Waals surface area contributed by atoms with Gasteiger partial charge in [-0.15, -0.1) is 0 Å². The van der Waals surface area contributed by atoms with Crippen LogP contribution in [0.25, 0.3) is 0 Å². The Morgan fingerprint density at radius 1 is 1.60 bits per heavy atom. The number of hydrogen-bond acceptors (Lipinski definition) is 3. The third-order valence-corrected chi connectivity index (χ3v) is 2.91. The average Bonchev–Trinajstić information content (AvgIpc) is 2.60. The quantitative estimate of drug-likeness (QED) is 0.727. The van der Waals surface area contributed by atoms with Gasteiger partial charge in [0.25, 0.3) is 0 Å². The number of carbonyl (C=O) groups excluding carboxylic acids is 1. The first-order chi connectivity index (χ1) is 7.22. The predicted molar refractivity (Wildman–Crippen MR) is 57.0 cm³/mol. The topological polar surface area (TPSA) is 61.1 Å². The molecule has 1 aliphatic heterocycles. The fraction of sp³-hybridized carbons (Fsp3) is 0.556. The van der Waals surface area contributed by atoms with Crippen molar-refractivity contribution in [3.63, 3.8) is 0 Å². The normalized spacial score (nSPS) is 15.1. The van der Waals surface area contributed by atoms with Crippen LogP contribution in [0.5, 0.6) is 0 Å². The average molecular weight is 227 g/mol. The van der Waals surface area contributed by atoms with E-state index >= 15 is 0 Å². The molecular weight excluding hydrogens is 214 g/mol. The fourth-order valence-corrected chi connectivity index (χ4v) is 1.98. The standard InChI is InChI=1S/C9H13N3O2S/c1-14-5-8(13)12-3-2-7-6(4-12)9(15)11-10-7/h2-5H2,1H3,(H2,10,11,15). The number of amides is 1. The van der Waals surface area contributed by atoms with Crippen molar-refractivity contribution in [2.75, 3.05) is 20.3 Å². The number of carbonyl (C=O) groups is 1. The second-order valence-electron chi connectivity index (χ2n) is 3.53. The highest BCUT2D eigenvalue weighted by molar-refractivity contribution is 7.71. The number of fused-ring (bicyclic) bond motifs is 1. The summed E-state index contributed by atoms with van der Waals surface area (Å²) in [6.45, 7) is 1.44. The van der Waals surface area contributed by atoms with E-state index < -0.39 is 0 Å². The Balaban J connectivity index is 2.14. The molecule has 2 N–H and O–H groups in total. The zero-order valence-electron chi connectivity index (χ0n) is 8.50. The van der Waals surface area contributed by atoms with Crippen LogP contribution in [0.4, 0.5) is 0 Å². The van der Waals surface area contributed by atoms with Crippen LogP contribution >= 0.6 is 12.2 Å². The highest BCUT2D eigenvalue weighted by atomic mass is 32.1. The lowest BCUT2D eigenvalue weighted by molar-refractivity contribution is -0.136. The van der Waals surface area contributed by atoms with Crippen LogP contribution in [0, 0.1) is 4.64 Å². The monoisotopic (exact) mass is 227 g/mol. The Bertz CT molecular complexity index is 423. The van der Waals surface area contributed by atoms with Crippen LogP contribution in [0.3, 0.4) is 0 Å². The van der Waals surface area contributed by atoms with E-state index in [0.29, 0.717) is 11.2 Å². The zero-order valence-corrected chi connectivity index (χ0v) is 9.32. The van der Waals surface area contributed by atoms with Crippen LogP contribution in [-0.2, 0) is 22.5 Å². The van der Waals surface area contributed by atoms with Crippen molar-refractivity contribution in [3.05, 3.63) is 15.9 Å². The van der Waals surface area contributed by atoms with Crippen molar-refractivity contribution in [2.24, 2.45) is 0 Å². The lowest BCUT2D eigenvalue weighted by Crippen LogP contribution is -2.37. The van der Waals surface area contributed by atoms with E-state index in [4.69, 9.17) is 17.0 Å². The Morgan fingerprint density at radius 2 is 2.40 bits per heavy atom. The Labute approximate surface area is 92.4 Å². The van der Waals surface area contributed by atoms with Crippen molar-refractivity contribution < 1.29 is 9.53 Å². The highest BCUT2D eigenvalue weighted by Gasteiger charge is 2.22. The van der Waals surface area contributed by atoms with E-state index in [0.717, 1.165) is 24.2 Å². The first-order valence-electron chi connectivity index (χ1n) is 4.77. The van der Waals surface area contributed by atoms with Gasteiger partial charge in [-0.3, -0.25) is 9.89 Å². The number of aromatic amines is 2. The molecule has 0 aromatic carbocycles. The van der Waals surface area contributed by atoms with Gasteiger partial charge in [0.2, 0.25) is 5.91 Å². The van der Waals surface area contributed by atoms with Crippen molar-refractivity contribution in [3.8, 4) is 0 Å². The summed E-state index contributed by atoms with van der Waals surface area (Å²) < 4.78 is 5.52. The van der Waals surface area contributed by atoms with Crippen molar-refractivity contribution in [1.29, 1.82) is 0 Å². The van der Waals surface area contributed by atoms with Crippen LogP contribution < -0.4 is 0 Å². The molecule has 1 aromatic heterocycles. The maximum absolute atomic E-state index is 11.6. The van der Waals surface area contributed by atoms with Gasteiger partial charge in [0.1, 0.15) is 11.2 Å². The zero-order chi connectivity index (χ0) is 10.8. The summed E-state index contributed by atoms with van der Waals surface area (Å²) in [6.07, 6.45) is 0.817. The summed E-state index contributed by atoms with van der Waals surface area (Å²) in [6, 6.07) is 0. The van der Waals surface area contributed by atoms with Crippen LogP contribution in [-0.4, -0.2) is 41.3 Å². The van der Waals surface area contributed by atoms with Crippen molar-refractivity contribution in [2.45, 2.75) is 13.0 Å². The smallest absolute Gasteiger partial charge is 0.248 e. The molecule has 0 radical (unpaired) electrons. The Hall–Kier alpha value is -1.14. The third kappa shape index (κ3) is 1.95. The summed E-state index contributed by atoms with van der Waals surface area (Å²) in [4.78, 5) is 13.4. The van der Waals surface area contributed by atoms with Gasteiger partial charge in [0, 0.05) is 31.3 Å². The molecule has 0 spiro atoms. The number of hydrogen-bond donors (Lipinski definition) is 2. The summed E-state index contributed by atoms with van der Waals surface area (Å²) in [5, 5.41) is 5.91. The molecule has 1 aromatic rings. The van der Waals surface area contributed by atoms with Gasteiger partial charge in [-0.2, -0.15) is 0 Å². The molecule has 0 saturated carbocycles. The number of methoxy groups -OCH3 is 1. The highest BCUT2D eigenvalue weighted by Crippen LogP contribution is 2.17. The molecule has 6 heteroatoms. The van der Waals surface area contributed by atoms with Crippen LogP contribution in [0.2, 0.25) is 0 Å². The minimum atomic E-state index is 0.0127. The maximum Gasteiger partial charge on any atom is 0.248 e. The summed E-state index contributed by atoms with van der Waals surface area (Å²) in [5.41, 5.74) is 2.14. The molecule has 0 aliphatic carbocycles. The molecule has 82 valence electrons. The summed E-state index contributed by atoms with van der Waals surface area (Å²) in [5.74, 6) is 0.0127. The molecule has 1 amide bonds. The van der Waals surface area contributed by atoms with Gasteiger partial charge in [0.15, 0.2) is 0 Å². The fourth-order valence-electron chi connectivity index (χ4n) is 1.75. The molecule has 0 atom stereocenters. The predicted octanol–water partition coefficient (Wildman–Crippen LogP) is 0.603. The number of nitrogens with one attached hydrogen (secondary N) is 2. The van der Waals surface area contributed by atoms with E-state index in [1.165, 1.54) is 7.11 Å². The van der Waals surface area contributed by atoms with E-state index in [-0.39, 0.29) is 12.5 Å². The molecule has 5 nitrogen and oxygen atoms in total. The SMILES string of the molecule is COCC(=O)N1CCc2[nH][nH]c(=S)c2C1. The van der Waals surface area contributed by atoms with Gasteiger partial charge >= 0.3 is 0 Å². The van der Waals surface area contributed by atoms with Crippen LogP contribution in [0.15, 0.2) is 0 Å². The van der Waals surface area contributed by atoms with E-state index in [1.54, 1.807) is 4.90 Å². The van der Waals surface area contributed by atoms with Crippen molar-refractivity contribution in [1.82, 2.24) is 15.1 Å². The van der Waals surface area contributed by atoms with Crippen molar-refractivity contribution >= 4 is 18.1 Å². The van der Waals surface area contributed by atoms with Gasteiger partial charge in [-0.05, 0) is 0 Å².